The molecule has 0 saturated carbocycles. The number of hydrogen-bond donors (Lipinski definition) is 2. The van der Waals surface area contributed by atoms with Gasteiger partial charge in [0.2, 0.25) is 5.91 Å². The van der Waals surface area contributed by atoms with E-state index in [9.17, 15) is 14.7 Å². The monoisotopic (exact) mass is 371 g/mol. The van der Waals surface area contributed by atoms with E-state index in [1.54, 1.807) is 0 Å². The molecule has 6 heteroatoms. The second-order valence-corrected chi connectivity index (χ2v) is 8.99. The molecule has 0 radical (unpaired) electrons. The van der Waals surface area contributed by atoms with Gasteiger partial charge in [-0.1, -0.05) is 48.1 Å². The molecule has 0 saturated heterocycles. The highest BCUT2D eigenvalue weighted by Crippen LogP contribution is 2.51. The maximum Gasteiger partial charge on any atom is 0.333 e. The van der Waals surface area contributed by atoms with Crippen molar-refractivity contribution in [2.75, 3.05) is 26.4 Å². The summed E-state index contributed by atoms with van der Waals surface area (Å²) in [4.78, 5) is 24.0. The van der Waals surface area contributed by atoms with Crippen molar-refractivity contribution in [3.05, 3.63) is 12.2 Å². The summed E-state index contributed by atoms with van der Waals surface area (Å²) in [5.74, 6) is -0.558. The Morgan fingerprint density at radius 3 is 1.96 bits per heavy atom. The van der Waals surface area contributed by atoms with Gasteiger partial charge in [-0.05, 0) is 24.7 Å². The van der Waals surface area contributed by atoms with E-state index < -0.39 is 17.5 Å². The molecule has 2 N–H and O–H groups in total. The van der Waals surface area contributed by atoms with E-state index in [1.807, 2.05) is 6.92 Å². The molecule has 26 heavy (non-hydrogen) atoms. The minimum Gasteiger partial charge on any atom is -0.460 e. The normalized spacial score (nSPS) is 13.9. The second kappa shape index (κ2) is 9.51. The van der Waals surface area contributed by atoms with Crippen molar-refractivity contribution in [1.29, 1.82) is 0 Å². The topological polar surface area (TPSA) is 84.9 Å². The molecule has 0 rings (SSSR count). The average molecular weight is 372 g/mol. The number of carbonyl (C=O) groups is 2. The quantitative estimate of drug-likeness (QED) is 0.370. The lowest BCUT2D eigenvalue weighted by Gasteiger charge is -2.49. The Morgan fingerprint density at radius 1 is 1.04 bits per heavy atom. The molecule has 0 aliphatic heterocycles. The van der Waals surface area contributed by atoms with Crippen LogP contribution in [0.15, 0.2) is 12.2 Å². The first kappa shape index (κ1) is 24.6. The highest BCUT2D eigenvalue weighted by molar-refractivity contribution is 5.86. The zero-order valence-electron chi connectivity index (χ0n) is 17.7. The van der Waals surface area contributed by atoms with Gasteiger partial charge in [-0.15, -0.1) is 0 Å². The molecule has 0 spiro atoms. The first-order valence-electron chi connectivity index (χ1n) is 9.01. The maximum absolute atomic E-state index is 12.8. The Bertz CT molecular complexity index is 485. The van der Waals surface area contributed by atoms with Crippen LogP contribution in [-0.2, 0) is 19.1 Å². The molecular weight excluding hydrogens is 334 g/mol. The van der Waals surface area contributed by atoms with Gasteiger partial charge in [0.1, 0.15) is 12.7 Å². The van der Waals surface area contributed by atoms with E-state index in [4.69, 9.17) is 9.47 Å². The summed E-state index contributed by atoms with van der Waals surface area (Å²) < 4.78 is 10.2. The number of nitrogens with one attached hydrogen (secondary N) is 1. The SMILES string of the molecule is C=C(C)C(=O)OCC(O)COCCNC(=O)C(C)(C(C)(C)C)C(C)(C)C. The summed E-state index contributed by atoms with van der Waals surface area (Å²) in [6.07, 6.45) is -0.914. The number of aliphatic hydroxyl groups is 1. The molecule has 1 unspecified atom stereocenters. The summed E-state index contributed by atoms with van der Waals surface area (Å²) in [7, 11) is 0. The van der Waals surface area contributed by atoms with Gasteiger partial charge in [-0.3, -0.25) is 4.79 Å². The molecule has 1 atom stereocenters. The van der Waals surface area contributed by atoms with Crippen LogP contribution < -0.4 is 5.32 Å². The standard InChI is InChI=1S/C20H37NO5/c1-14(2)16(23)26-13-15(22)12-25-11-10-21-17(24)20(9,18(3,4)5)19(6,7)8/h15,22H,1,10-13H2,2-9H3,(H,21,24). The Balaban J connectivity index is 4.34. The Morgan fingerprint density at radius 2 is 1.54 bits per heavy atom. The fraction of sp³-hybridized carbons (Fsp3) is 0.800. The molecule has 0 bridgehead atoms. The van der Waals surface area contributed by atoms with E-state index in [0.29, 0.717) is 6.54 Å². The second-order valence-electron chi connectivity index (χ2n) is 8.99. The van der Waals surface area contributed by atoms with Crippen LogP contribution in [0.25, 0.3) is 0 Å². The third-order valence-corrected chi connectivity index (χ3v) is 5.05. The van der Waals surface area contributed by atoms with Gasteiger partial charge < -0.3 is 19.9 Å². The van der Waals surface area contributed by atoms with Gasteiger partial charge in [-0.25, -0.2) is 4.79 Å². The van der Waals surface area contributed by atoms with Crippen LogP contribution in [0, 0.1) is 16.2 Å². The third kappa shape index (κ3) is 6.72. The predicted octanol–water partition coefficient (Wildman–Crippen LogP) is 2.70. The van der Waals surface area contributed by atoms with Crippen molar-refractivity contribution < 1.29 is 24.2 Å². The van der Waals surface area contributed by atoms with E-state index >= 15 is 0 Å². The van der Waals surface area contributed by atoms with Crippen molar-refractivity contribution in [3.63, 3.8) is 0 Å². The summed E-state index contributed by atoms with van der Waals surface area (Å²) in [5, 5.41) is 12.6. The van der Waals surface area contributed by atoms with Gasteiger partial charge in [-0.2, -0.15) is 0 Å². The van der Waals surface area contributed by atoms with E-state index in [1.165, 1.54) is 6.92 Å². The van der Waals surface area contributed by atoms with E-state index in [-0.39, 0.29) is 42.1 Å². The fourth-order valence-electron chi connectivity index (χ4n) is 2.78. The molecule has 1 amide bonds. The lowest BCUT2D eigenvalue weighted by molar-refractivity contribution is -0.147. The van der Waals surface area contributed by atoms with Crippen LogP contribution in [0.5, 0.6) is 0 Å². The van der Waals surface area contributed by atoms with Crippen LogP contribution in [-0.4, -0.2) is 49.5 Å². The molecule has 0 aromatic heterocycles. The number of rotatable bonds is 9. The zero-order valence-corrected chi connectivity index (χ0v) is 17.7. The van der Waals surface area contributed by atoms with Crippen LogP contribution in [0.1, 0.15) is 55.4 Å². The summed E-state index contributed by atoms with van der Waals surface area (Å²) >= 11 is 0. The van der Waals surface area contributed by atoms with Crippen LogP contribution in [0.2, 0.25) is 0 Å². The maximum atomic E-state index is 12.8. The van der Waals surface area contributed by atoms with Gasteiger partial charge in [0.05, 0.1) is 18.6 Å². The molecule has 0 aliphatic carbocycles. The van der Waals surface area contributed by atoms with Gasteiger partial charge in [0.25, 0.3) is 0 Å². The number of esters is 1. The van der Waals surface area contributed by atoms with Crippen molar-refractivity contribution >= 4 is 11.9 Å². The number of hydrogen-bond acceptors (Lipinski definition) is 5. The van der Waals surface area contributed by atoms with Gasteiger partial charge in [0, 0.05) is 12.1 Å². The predicted molar refractivity (Wildman–Crippen MR) is 103 cm³/mol. The molecule has 0 fully saturated rings. The largest absolute Gasteiger partial charge is 0.460 e. The minimum atomic E-state index is -0.914. The molecule has 0 aliphatic rings. The van der Waals surface area contributed by atoms with Gasteiger partial charge in [0.15, 0.2) is 0 Å². The fourth-order valence-corrected chi connectivity index (χ4v) is 2.78. The summed E-state index contributed by atoms with van der Waals surface area (Å²) in [5.41, 5.74) is -0.698. The molecule has 6 nitrogen and oxygen atoms in total. The third-order valence-electron chi connectivity index (χ3n) is 5.05. The first-order chi connectivity index (χ1) is 11.6. The minimum absolute atomic E-state index is 0.0166. The molecule has 0 aromatic carbocycles. The van der Waals surface area contributed by atoms with E-state index in [0.717, 1.165) is 0 Å². The molecule has 152 valence electrons. The lowest BCUT2D eigenvalue weighted by Crippen LogP contribution is -2.55. The van der Waals surface area contributed by atoms with Crippen LogP contribution in [0.3, 0.4) is 0 Å². The average Bonchev–Trinajstić information content (AvgIpc) is 2.48. The number of ether oxygens (including phenoxy) is 2. The summed E-state index contributed by atoms with van der Waals surface area (Å²) in [6.45, 7) is 19.9. The molecule has 0 aromatic rings. The van der Waals surface area contributed by atoms with Crippen molar-refractivity contribution in [2.24, 2.45) is 16.2 Å². The number of aliphatic hydroxyl groups excluding tert-OH is 1. The number of carbonyl (C=O) groups excluding carboxylic acids is 2. The lowest BCUT2D eigenvalue weighted by atomic mass is 9.54. The first-order valence-corrected chi connectivity index (χ1v) is 9.01. The Labute approximate surface area is 158 Å². The highest BCUT2D eigenvalue weighted by Gasteiger charge is 2.52. The molecule has 0 heterocycles. The highest BCUT2D eigenvalue weighted by atomic mass is 16.5. The van der Waals surface area contributed by atoms with E-state index in [2.05, 4.69) is 53.4 Å². The van der Waals surface area contributed by atoms with Crippen molar-refractivity contribution in [3.8, 4) is 0 Å². The summed E-state index contributed by atoms with van der Waals surface area (Å²) in [6, 6.07) is 0. The smallest absolute Gasteiger partial charge is 0.333 e. The Kier molecular flexibility index (Phi) is 9.00. The van der Waals surface area contributed by atoms with Crippen molar-refractivity contribution in [2.45, 2.75) is 61.5 Å². The van der Waals surface area contributed by atoms with Crippen molar-refractivity contribution in [1.82, 2.24) is 5.32 Å². The van der Waals surface area contributed by atoms with Crippen LogP contribution in [0.4, 0.5) is 0 Å². The Hall–Kier alpha value is -1.40. The van der Waals surface area contributed by atoms with Crippen LogP contribution >= 0.6 is 0 Å². The van der Waals surface area contributed by atoms with Gasteiger partial charge >= 0.3 is 5.97 Å². The number of amides is 1. The zero-order chi connectivity index (χ0) is 20.8. The molecular formula is C20H37NO5.